The van der Waals surface area contributed by atoms with E-state index in [9.17, 15) is 4.79 Å². The third kappa shape index (κ3) is 3.72. The van der Waals surface area contributed by atoms with Crippen LogP contribution in [0.15, 0.2) is 24.3 Å². The number of amides is 1. The number of hydrogen-bond donors (Lipinski definition) is 0. The number of benzene rings is 1. The van der Waals surface area contributed by atoms with Crippen LogP contribution < -0.4 is 4.74 Å². The largest absolute Gasteiger partial charge is 0.486 e. The van der Waals surface area contributed by atoms with Gasteiger partial charge in [-0.25, -0.2) is 4.68 Å². The fourth-order valence-corrected chi connectivity index (χ4v) is 3.25. The normalized spacial score (nSPS) is 20.9. The molecule has 7 heteroatoms. The molecular weight excluding hydrogens is 306 g/mol. The molecule has 3 rings (SSSR count). The summed E-state index contributed by atoms with van der Waals surface area (Å²) < 4.78 is 7.28. The smallest absolute Gasteiger partial charge is 0.254 e. The van der Waals surface area contributed by atoms with Crippen molar-refractivity contribution in [3.8, 4) is 5.75 Å². The maximum atomic E-state index is 12.8. The molecule has 1 saturated heterocycles. The highest BCUT2D eigenvalue weighted by molar-refractivity contribution is 5.94. The molecule has 1 amide bonds. The van der Waals surface area contributed by atoms with Crippen molar-refractivity contribution in [1.82, 2.24) is 25.1 Å². The average Bonchev–Trinajstić information content (AvgIpc) is 2.97. The summed E-state index contributed by atoms with van der Waals surface area (Å²) in [6.07, 6.45) is 1.18. The molecule has 7 nitrogen and oxygen atoms in total. The van der Waals surface area contributed by atoms with Crippen LogP contribution in [-0.2, 0) is 13.7 Å². The van der Waals surface area contributed by atoms with Crippen molar-refractivity contribution in [3.63, 3.8) is 0 Å². The first-order valence-corrected chi connectivity index (χ1v) is 8.26. The Morgan fingerprint density at radius 1 is 1.29 bits per heavy atom. The van der Waals surface area contributed by atoms with Gasteiger partial charge < -0.3 is 9.64 Å². The molecule has 0 N–H and O–H groups in total. The van der Waals surface area contributed by atoms with E-state index in [0.717, 1.165) is 13.1 Å². The fourth-order valence-electron chi connectivity index (χ4n) is 3.25. The van der Waals surface area contributed by atoms with Gasteiger partial charge in [0.2, 0.25) is 0 Å². The minimum atomic E-state index is 0.0687. The quantitative estimate of drug-likeness (QED) is 0.857. The molecule has 0 aliphatic carbocycles. The monoisotopic (exact) mass is 329 g/mol. The Hall–Kier alpha value is -2.44. The number of piperidine rings is 1. The molecule has 0 saturated carbocycles. The molecule has 1 aliphatic rings. The van der Waals surface area contributed by atoms with E-state index in [4.69, 9.17) is 4.74 Å². The van der Waals surface area contributed by atoms with Gasteiger partial charge in [-0.3, -0.25) is 4.79 Å². The van der Waals surface area contributed by atoms with Gasteiger partial charge in [-0.05, 0) is 46.9 Å². The van der Waals surface area contributed by atoms with Crippen LogP contribution in [-0.4, -0.2) is 44.1 Å². The van der Waals surface area contributed by atoms with Crippen LogP contribution in [0.3, 0.4) is 0 Å². The van der Waals surface area contributed by atoms with Gasteiger partial charge >= 0.3 is 0 Å². The molecule has 24 heavy (non-hydrogen) atoms. The number of likely N-dealkylation sites (tertiary alicyclic amines) is 1. The highest BCUT2D eigenvalue weighted by Crippen LogP contribution is 2.23. The second-order valence-electron chi connectivity index (χ2n) is 6.69. The van der Waals surface area contributed by atoms with Crippen LogP contribution in [0.2, 0.25) is 0 Å². The predicted molar refractivity (Wildman–Crippen MR) is 88.4 cm³/mol. The zero-order valence-corrected chi connectivity index (χ0v) is 14.3. The summed E-state index contributed by atoms with van der Waals surface area (Å²) in [6, 6.07) is 7.30. The number of carbonyl (C=O) groups is 1. The fraction of sp³-hybridized carbons (Fsp3) is 0.529. The predicted octanol–water partition coefficient (Wildman–Crippen LogP) is 1.91. The zero-order chi connectivity index (χ0) is 17.1. The van der Waals surface area contributed by atoms with Crippen LogP contribution >= 0.6 is 0 Å². The van der Waals surface area contributed by atoms with Crippen molar-refractivity contribution < 1.29 is 9.53 Å². The van der Waals surface area contributed by atoms with Crippen LogP contribution in [0.4, 0.5) is 0 Å². The van der Waals surface area contributed by atoms with Gasteiger partial charge in [0.05, 0.1) is 0 Å². The lowest BCUT2D eigenvalue weighted by atomic mass is 9.91. The number of nitrogens with zero attached hydrogens (tertiary/aromatic N) is 5. The van der Waals surface area contributed by atoms with Crippen LogP contribution in [0.25, 0.3) is 0 Å². The second-order valence-corrected chi connectivity index (χ2v) is 6.69. The van der Waals surface area contributed by atoms with E-state index in [0.29, 0.717) is 29.0 Å². The van der Waals surface area contributed by atoms with E-state index in [2.05, 4.69) is 29.4 Å². The van der Waals surface area contributed by atoms with Crippen LogP contribution in [0, 0.1) is 11.8 Å². The number of hydrogen-bond acceptors (Lipinski definition) is 5. The molecular formula is C17H23N5O2. The SMILES string of the molecule is C[C@@H]1C[C@@H](C)CN(C(=O)c2cccc(OCc3nnnn3C)c2)C1. The highest BCUT2D eigenvalue weighted by Gasteiger charge is 2.26. The lowest BCUT2D eigenvalue weighted by Crippen LogP contribution is -2.42. The van der Waals surface area contributed by atoms with E-state index in [1.165, 1.54) is 6.42 Å². The molecule has 2 aromatic rings. The first-order valence-electron chi connectivity index (χ1n) is 8.26. The molecule has 1 aliphatic heterocycles. The average molecular weight is 329 g/mol. The van der Waals surface area contributed by atoms with Gasteiger partial charge in [-0.15, -0.1) is 5.10 Å². The minimum absolute atomic E-state index is 0.0687. The summed E-state index contributed by atoms with van der Waals surface area (Å²) >= 11 is 0. The first-order chi connectivity index (χ1) is 11.5. The maximum Gasteiger partial charge on any atom is 0.254 e. The number of tetrazole rings is 1. The Kier molecular flexibility index (Phi) is 4.78. The van der Waals surface area contributed by atoms with Gasteiger partial charge in [-0.1, -0.05) is 19.9 Å². The lowest BCUT2D eigenvalue weighted by Gasteiger charge is -2.35. The van der Waals surface area contributed by atoms with Crippen LogP contribution in [0.1, 0.15) is 36.5 Å². The third-order valence-corrected chi connectivity index (χ3v) is 4.31. The Bertz CT molecular complexity index is 705. The topological polar surface area (TPSA) is 73.1 Å². The molecule has 2 heterocycles. The van der Waals surface area contributed by atoms with Crippen molar-refractivity contribution in [2.24, 2.45) is 18.9 Å². The van der Waals surface area contributed by atoms with E-state index in [1.807, 2.05) is 23.1 Å². The van der Waals surface area contributed by atoms with E-state index in [-0.39, 0.29) is 12.5 Å². The standard InChI is InChI=1S/C17H23N5O2/c1-12-7-13(2)10-22(9-12)17(23)14-5-4-6-15(8-14)24-11-16-18-19-20-21(16)3/h4-6,8,12-13H,7,9-11H2,1-3H3/t12-,13-/m1/s1. The third-order valence-electron chi connectivity index (χ3n) is 4.31. The lowest BCUT2D eigenvalue weighted by molar-refractivity contribution is 0.0622. The molecule has 0 spiro atoms. The summed E-state index contributed by atoms with van der Waals surface area (Å²) in [7, 11) is 1.76. The van der Waals surface area contributed by atoms with Crippen molar-refractivity contribution in [3.05, 3.63) is 35.7 Å². The Labute approximate surface area is 141 Å². The van der Waals surface area contributed by atoms with Gasteiger partial charge in [0.15, 0.2) is 5.82 Å². The number of carbonyl (C=O) groups excluding carboxylic acids is 1. The molecule has 0 unspecified atom stereocenters. The molecule has 1 aromatic heterocycles. The molecule has 2 atom stereocenters. The van der Waals surface area contributed by atoms with Crippen molar-refractivity contribution in [2.75, 3.05) is 13.1 Å². The molecule has 0 radical (unpaired) electrons. The number of rotatable bonds is 4. The van der Waals surface area contributed by atoms with Gasteiger partial charge in [0.25, 0.3) is 5.91 Å². The second kappa shape index (κ2) is 6.98. The van der Waals surface area contributed by atoms with E-state index >= 15 is 0 Å². The highest BCUT2D eigenvalue weighted by atomic mass is 16.5. The van der Waals surface area contributed by atoms with Crippen molar-refractivity contribution in [2.45, 2.75) is 26.9 Å². The molecule has 0 bridgehead atoms. The number of aryl methyl sites for hydroxylation is 1. The van der Waals surface area contributed by atoms with E-state index in [1.54, 1.807) is 17.8 Å². The summed E-state index contributed by atoms with van der Waals surface area (Å²) in [5, 5.41) is 11.2. The van der Waals surface area contributed by atoms with Gasteiger partial charge in [0, 0.05) is 25.7 Å². The Morgan fingerprint density at radius 2 is 2.04 bits per heavy atom. The minimum Gasteiger partial charge on any atom is -0.486 e. The molecule has 128 valence electrons. The first kappa shape index (κ1) is 16.4. The summed E-state index contributed by atoms with van der Waals surface area (Å²) in [6.45, 7) is 6.30. The zero-order valence-electron chi connectivity index (χ0n) is 14.3. The van der Waals surface area contributed by atoms with Crippen molar-refractivity contribution in [1.29, 1.82) is 0 Å². The van der Waals surface area contributed by atoms with Crippen LogP contribution in [0.5, 0.6) is 5.75 Å². The summed E-state index contributed by atoms with van der Waals surface area (Å²) in [5.74, 6) is 2.42. The number of aromatic nitrogens is 4. The number of ether oxygens (including phenoxy) is 1. The van der Waals surface area contributed by atoms with Crippen molar-refractivity contribution >= 4 is 5.91 Å². The van der Waals surface area contributed by atoms with E-state index < -0.39 is 0 Å². The van der Waals surface area contributed by atoms with Gasteiger partial charge in [0.1, 0.15) is 12.4 Å². The summed E-state index contributed by atoms with van der Waals surface area (Å²) in [5.41, 5.74) is 0.657. The Morgan fingerprint density at radius 3 is 2.71 bits per heavy atom. The van der Waals surface area contributed by atoms with Gasteiger partial charge in [-0.2, -0.15) is 0 Å². The molecule has 1 aromatic carbocycles. The molecule has 1 fully saturated rings. The summed E-state index contributed by atoms with van der Waals surface area (Å²) in [4.78, 5) is 14.7. The maximum absolute atomic E-state index is 12.8. The Balaban J connectivity index is 1.68.